The first kappa shape index (κ1) is 39.6. The van der Waals surface area contributed by atoms with Gasteiger partial charge in [0.2, 0.25) is 0 Å². The Morgan fingerprint density at radius 1 is 0.338 bits per heavy atom. The predicted octanol–water partition coefficient (Wildman–Crippen LogP) is 16.4. The minimum atomic E-state index is -0.134. The van der Waals surface area contributed by atoms with E-state index in [0.29, 0.717) is 0 Å². The molecule has 0 amide bonds. The molecule has 9 aromatic carbocycles. The number of hydrogen-bond acceptors (Lipinski definition) is 3. The molecule has 4 nitrogen and oxygen atoms in total. The fourth-order valence-corrected chi connectivity index (χ4v) is 10.6. The number of pyridine rings is 1. The molecule has 0 atom stereocenters. The van der Waals surface area contributed by atoms with Gasteiger partial charge in [-0.25, -0.2) is 15.0 Å². The number of rotatable bonds is 7. The fourth-order valence-electron chi connectivity index (χ4n) is 10.6. The van der Waals surface area contributed by atoms with Gasteiger partial charge in [0.05, 0.1) is 39.3 Å². The Labute approximate surface area is 395 Å². The molecule has 3 aromatic heterocycles. The Kier molecular flexibility index (Phi) is 9.16. The molecule has 0 spiro atoms. The molecular weight excluding hydrogens is 825 g/mol. The lowest BCUT2D eigenvalue weighted by Gasteiger charge is -2.21. The molecule has 13 rings (SSSR count). The molecule has 12 aromatic rings. The van der Waals surface area contributed by atoms with E-state index < -0.39 is 0 Å². The maximum Gasteiger partial charge on any atom is 0.116 e. The van der Waals surface area contributed by atoms with Crippen molar-refractivity contribution >= 4 is 32.8 Å². The number of aromatic nitrogens is 4. The smallest absolute Gasteiger partial charge is 0.116 e. The van der Waals surface area contributed by atoms with Crippen LogP contribution in [0.3, 0.4) is 0 Å². The molecule has 0 bridgehead atoms. The number of benzene rings is 9. The highest BCUT2D eigenvalue weighted by molar-refractivity contribution is 6.12. The van der Waals surface area contributed by atoms with Crippen LogP contribution >= 0.6 is 0 Å². The third kappa shape index (κ3) is 6.48. The quantitative estimate of drug-likeness (QED) is 0.160. The second kappa shape index (κ2) is 15.7. The largest absolute Gasteiger partial charge is 0.309 e. The average molecular weight is 869 g/mol. The van der Waals surface area contributed by atoms with Gasteiger partial charge in [0, 0.05) is 44.1 Å². The lowest BCUT2D eigenvalue weighted by molar-refractivity contribution is 0.661. The van der Waals surface area contributed by atoms with E-state index >= 15 is 0 Å². The molecule has 1 aliphatic carbocycles. The van der Waals surface area contributed by atoms with E-state index in [2.05, 4.69) is 243 Å². The molecular formula is C64H44N4. The highest BCUT2D eigenvalue weighted by Gasteiger charge is 2.36. The molecule has 0 radical (unpaired) electrons. The molecule has 3 heterocycles. The lowest BCUT2D eigenvalue weighted by atomic mass is 9.82. The summed E-state index contributed by atoms with van der Waals surface area (Å²) in [5.41, 5.74) is 22.0. The van der Waals surface area contributed by atoms with Gasteiger partial charge in [-0.3, -0.25) is 0 Å². The van der Waals surface area contributed by atoms with E-state index in [-0.39, 0.29) is 5.41 Å². The van der Waals surface area contributed by atoms with Crippen LogP contribution in [0.15, 0.2) is 231 Å². The molecule has 0 N–H and O–H groups in total. The van der Waals surface area contributed by atoms with Crippen LogP contribution in [0.5, 0.6) is 0 Å². The molecule has 4 heteroatoms. The molecule has 0 unspecified atom stereocenters. The third-order valence-corrected chi connectivity index (χ3v) is 14.0. The van der Waals surface area contributed by atoms with Crippen molar-refractivity contribution in [1.29, 1.82) is 0 Å². The van der Waals surface area contributed by atoms with Crippen molar-refractivity contribution in [3.8, 4) is 84.1 Å². The van der Waals surface area contributed by atoms with Crippen LogP contribution in [0.1, 0.15) is 25.0 Å². The van der Waals surface area contributed by atoms with Crippen molar-refractivity contribution in [2.45, 2.75) is 19.3 Å². The second-order valence-corrected chi connectivity index (χ2v) is 18.4. The summed E-state index contributed by atoms with van der Waals surface area (Å²) in [5, 5.41) is 2.47. The monoisotopic (exact) mass is 868 g/mol. The first-order chi connectivity index (χ1) is 33.5. The molecule has 68 heavy (non-hydrogen) atoms. The standard InChI is InChI=1S/C64H44N4/c1-64(2)54-27-14-12-25-50(54)52-38-53-51-26-13-15-28-58(51)68(59(53)39-55(52)64)49-24-16-23-48(37-49)62-63-57(40-56(65-62)45-21-10-5-11-22-45)66-60(46-33-29-43(30-34-46)41-17-6-3-7-18-41)61(67-63)47-35-31-44(32-36-47)42-19-8-4-9-20-42/h3-40H,1-2H3. The molecule has 0 aliphatic heterocycles. The van der Waals surface area contributed by atoms with Crippen molar-refractivity contribution in [2.75, 3.05) is 0 Å². The first-order valence-corrected chi connectivity index (χ1v) is 23.3. The van der Waals surface area contributed by atoms with Crippen LogP contribution in [0, 0.1) is 0 Å². The zero-order valence-corrected chi connectivity index (χ0v) is 37.7. The summed E-state index contributed by atoms with van der Waals surface area (Å²) < 4.78 is 2.43. The van der Waals surface area contributed by atoms with Gasteiger partial charge >= 0.3 is 0 Å². The Balaban J connectivity index is 1.03. The van der Waals surface area contributed by atoms with Crippen LogP contribution in [-0.2, 0) is 5.41 Å². The average Bonchev–Trinajstić information content (AvgIpc) is 3.85. The predicted molar refractivity (Wildman–Crippen MR) is 282 cm³/mol. The van der Waals surface area contributed by atoms with Crippen molar-refractivity contribution in [2.24, 2.45) is 0 Å². The van der Waals surface area contributed by atoms with Gasteiger partial charge in [0.25, 0.3) is 0 Å². The van der Waals surface area contributed by atoms with E-state index in [1.54, 1.807) is 0 Å². The van der Waals surface area contributed by atoms with Crippen molar-refractivity contribution in [3.05, 3.63) is 242 Å². The SMILES string of the molecule is CC1(C)c2ccccc2-c2cc3c4ccccc4n(-c4cccc(-c5nc(-c6ccccc6)cc6nc(-c7ccc(-c8ccccc8)cc7)c(-c7ccc(-c8ccccc8)cc7)nc56)c4)c3cc21. The van der Waals surface area contributed by atoms with Crippen LogP contribution in [0.2, 0.25) is 0 Å². The Hall–Kier alpha value is -8.73. The van der Waals surface area contributed by atoms with E-state index in [1.807, 2.05) is 6.07 Å². The van der Waals surface area contributed by atoms with Gasteiger partial charge in [0.1, 0.15) is 5.52 Å². The number of nitrogens with zero attached hydrogens (tertiary/aromatic N) is 4. The van der Waals surface area contributed by atoms with E-state index in [4.69, 9.17) is 15.0 Å². The Bertz CT molecular complexity index is 3890. The zero-order valence-electron chi connectivity index (χ0n) is 37.7. The summed E-state index contributed by atoms with van der Waals surface area (Å²) in [6, 6.07) is 82.3. The van der Waals surface area contributed by atoms with Gasteiger partial charge in [-0.1, -0.05) is 208 Å². The van der Waals surface area contributed by atoms with E-state index in [1.165, 1.54) is 49.7 Å². The molecule has 0 fully saturated rings. The fraction of sp³-hybridized carbons (Fsp3) is 0.0469. The summed E-state index contributed by atoms with van der Waals surface area (Å²) in [6.07, 6.45) is 0. The topological polar surface area (TPSA) is 43.6 Å². The minimum Gasteiger partial charge on any atom is -0.309 e. The van der Waals surface area contributed by atoms with Crippen molar-refractivity contribution in [3.63, 3.8) is 0 Å². The zero-order chi connectivity index (χ0) is 45.3. The summed E-state index contributed by atoms with van der Waals surface area (Å²) in [5.74, 6) is 0. The van der Waals surface area contributed by atoms with Gasteiger partial charge < -0.3 is 4.57 Å². The number of fused-ring (bicyclic) bond motifs is 7. The normalized spacial score (nSPS) is 12.7. The minimum absolute atomic E-state index is 0.134. The van der Waals surface area contributed by atoms with Crippen LogP contribution in [-0.4, -0.2) is 19.5 Å². The second-order valence-electron chi connectivity index (χ2n) is 18.4. The molecule has 0 saturated heterocycles. The highest BCUT2D eigenvalue weighted by atomic mass is 15.0. The van der Waals surface area contributed by atoms with Crippen molar-refractivity contribution < 1.29 is 0 Å². The van der Waals surface area contributed by atoms with E-state index in [9.17, 15) is 0 Å². The summed E-state index contributed by atoms with van der Waals surface area (Å²) in [6.45, 7) is 4.71. The summed E-state index contributed by atoms with van der Waals surface area (Å²) in [4.78, 5) is 16.7. The Morgan fingerprint density at radius 3 is 1.56 bits per heavy atom. The number of para-hydroxylation sites is 1. The lowest BCUT2D eigenvalue weighted by Crippen LogP contribution is -2.14. The molecule has 0 saturated carbocycles. The summed E-state index contributed by atoms with van der Waals surface area (Å²) >= 11 is 0. The van der Waals surface area contributed by atoms with Crippen LogP contribution in [0.25, 0.3) is 117 Å². The maximum atomic E-state index is 5.65. The maximum absolute atomic E-state index is 5.65. The first-order valence-electron chi connectivity index (χ1n) is 23.3. The number of hydrogen-bond donors (Lipinski definition) is 0. The molecule has 320 valence electrons. The van der Waals surface area contributed by atoms with E-state index in [0.717, 1.165) is 78.4 Å². The summed E-state index contributed by atoms with van der Waals surface area (Å²) in [7, 11) is 0. The van der Waals surface area contributed by atoms with Crippen LogP contribution < -0.4 is 0 Å². The highest BCUT2D eigenvalue weighted by Crippen LogP contribution is 2.51. The molecule has 1 aliphatic rings. The van der Waals surface area contributed by atoms with Gasteiger partial charge in [-0.15, -0.1) is 0 Å². The van der Waals surface area contributed by atoms with Gasteiger partial charge in [-0.05, 0) is 80.9 Å². The van der Waals surface area contributed by atoms with Gasteiger partial charge in [-0.2, -0.15) is 0 Å². The van der Waals surface area contributed by atoms with Gasteiger partial charge in [0.15, 0.2) is 0 Å². The van der Waals surface area contributed by atoms with Crippen LogP contribution in [0.4, 0.5) is 0 Å². The third-order valence-electron chi connectivity index (χ3n) is 14.0. The Morgan fingerprint density at radius 2 is 0.882 bits per heavy atom. The van der Waals surface area contributed by atoms with Crippen molar-refractivity contribution in [1.82, 2.24) is 19.5 Å².